The fourth-order valence-electron chi connectivity index (χ4n) is 3.66. The lowest BCUT2D eigenvalue weighted by molar-refractivity contribution is -0.145. The molecule has 0 unspecified atom stereocenters. The Labute approximate surface area is 194 Å². The maximum atomic E-state index is 11.7. The molecule has 0 aromatic heterocycles. The van der Waals surface area contributed by atoms with Crippen molar-refractivity contribution in [3.63, 3.8) is 0 Å². The van der Waals surface area contributed by atoms with Crippen molar-refractivity contribution in [2.24, 2.45) is 0 Å². The van der Waals surface area contributed by atoms with Gasteiger partial charge < -0.3 is 19.7 Å². The molecule has 0 aliphatic carbocycles. The first-order valence-corrected chi connectivity index (χ1v) is 11.2. The lowest BCUT2D eigenvalue weighted by Gasteiger charge is -2.18. The van der Waals surface area contributed by atoms with Gasteiger partial charge >= 0.3 is 5.97 Å². The Bertz CT molecular complexity index is 1030. The van der Waals surface area contributed by atoms with Gasteiger partial charge in [0, 0.05) is 0 Å². The van der Waals surface area contributed by atoms with Crippen LogP contribution in [-0.4, -0.2) is 29.4 Å². The molecular weight excluding hydrogens is 416 g/mol. The van der Waals surface area contributed by atoms with Crippen LogP contribution in [0, 0.1) is 0 Å². The third kappa shape index (κ3) is 6.62. The van der Waals surface area contributed by atoms with Gasteiger partial charge in [-0.15, -0.1) is 0 Å². The molecule has 0 saturated heterocycles. The van der Waals surface area contributed by atoms with Gasteiger partial charge in [-0.3, -0.25) is 0 Å². The van der Waals surface area contributed by atoms with E-state index in [0.29, 0.717) is 12.4 Å². The van der Waals surface area contributed by atoms with Crippen LogP contribution in [0.15, 0.2) is 72.8 Å². The van der Waals surface area contributed by atoms with E-state index in [9.17, 15) is 15.0 Å². The van der Waals surface area contributed by atoms with Crippen LogP contribution in [0.1, 0.15) is 49.8 Å². The van der Waals surface area contributed by atoms with Crippen molar-refractivity contribution in [1.29, 1.82) is 0 Å². The first-order valence-electron chi connectivity index (χ1n) is 11.2. The second-order valence-corrected chi connectivity index (χ2v) is 7.67. The average Bonchev–Trinajstić information content (AvgIpc) is 2.82. The molecule has 3 rings (SSSR count). The Morgan fingerprint density at radius 2 is 1.42 bits per heavy atom. The lowest BCUT2D eigenvalue weighted by Crippen LogP contribution is -2.14. The molecule has 33 heavy (non-hydrogen) atoms. The van der Waals surface area contributed by atoms with Gasteiger partial charge in [0.1, 0.15) is 17.2 Å². The molecule has 3 aromatic carbocycles. The summed E-state index contributed by atoms with van der Waals surface area (Å²) in [6, 6.07) is 22.0. The van der Waals surface area contributed by atoms with Gasteiger partial charge in [0.2, 0.25) is 0 Å². The van der Waals surface area contributed by atoms with E-state index in [2.05, 4.69) is 6.92 Å². The van der Waals surface area contributed by atoms with Crippen LogP contribution in [0.4, 0.5) is 0 Å². The molecule has 172 valence electrons. The van der Waals surface area contributed by atoms with E-state index >= 15 is 0 Å². The third-order valence-corrected chi connectivity index (χ3v) is 5.24. The molecule has 2 N–H and O–H groups in total. The highest BCUT2D eigenvalue weighted by atomic mass is 16.6. The zero-order valence-corrected chi connectivity index (χ0v) is 19.1. The first kappa shape index (κ1) is 23.9. The molecule has 0 spiro atoms. The van der Waals surface area contributed by atoms with Crippen molar-refractivity contribution < 1.29 is 24.5 Å². The van der Waals surface area contributed by atoms with Crippen molar-refractivity contribution in [3.05, 3.63) is 89.5 Å². The summed E-state index contributed by atoms with van der Waals surface area (Å²) in [5.74, 6) is 0.588. The smallest absolute Gasteiger partial charge is 0.344 e. The number of hydrogen-bond acceptors (Lipinski definition) is 5. The van der Waals surface area contributed by atoms with Crippen LogP contribution >= 0.6 is 0 Å². The quantitative estimate of drug-likeness (QED) is 0.287. The Hall–Kier alpha value is -3.73. The minimum atomic E-state index is -0.404. The largest absolute Gasteiger partial charge is 0.508 e. The summed E-state index contributed by atoms with van der Waals surface area (Å²) in [7, 11) is 0. The lowest BCUT2D eigenvalue weighted by atomic mass is 9.87. The topological polar surface area (TPSA) is 76.0 Å². The first-order chi connectivity index (χ1) is 16.0. The van der Waals surface area contributed by atoms with Crippen molar-refractivity contribution in [2.45, 2.75) is 33.1 Å². The fraction of sp³-hybridized carbons (Fsp3) is 0.250. The van der Waals surface area contributed by atoms with Gasteiger partial charge in [-0.2, -0.15) is 0 Å². The predicted octanol–water partition coefficient (Wildman–Crippen LogP) is 6.19. The molecule has 5 nitrogen and oxygen atoms in total. The second-order valence-electron chi connectivity index (χ2n) is 7.67. The van der Waals surface area contributed by atoms with Crippen molar-refractivity contribution in [3.8, 4) is 17.2 Å². The number of allylic oxidation sites excluding steroid dienone is 1. The fourth-order valence-corrected chi connectivity index (χ4v) is 3.66. The number of carbonyl (C=O) groups excluding carboxylic acids is 1. The van der Waals surface area contributed by atoms with Gasteiger partial charge in [0.05, 0.1) is 6.61 Å². The number of phenolic OH excluding ortho intramolecular Hbond substituents is 2. The molecule has 5 heteroatoms. The summed E-state index contributed by atoms with van der Waals surface area (Å²) in [5, 5.41) is 19.6. The molecule has 0 aliphatic rings. The molecule has 0 bridgehead atoms. The van der Waals surface area contributed by atoms with Crippen LogP contribution in [-0.2, 0) is 9.53 Å². The molecule has 0 heterocycles. The second kappa shape index (κ2) is 11.8. The molecule has 0 fully saturated rings. The standard InChI is InChI=1S/C28H30O5/c1-3-5-9-26(22-7-6-8-25(18-22)33-19-27(31)32-4-2)28(20-10-14-23(29)15-11-20)21-12-16-24(30)17-13-21/h6-8,10-18,29-30H,3-5,9,19H2,1-2H3. The number of esters is 1. The summed E-state index contributed by atoms with van der Waals surface area (Å²) in [5.41, 5.74) is 5.05. The van der Waals surface area contributed by atoms with E-state index in [0.717, 1.165) is 47.1 Å². The van der Waals surface area contributed by atoms with E-state index in [4.69, 9.17) is 9.47 Å². The average molecular weight is 447 g/mol. The van der Waals surface area contributed by atoms with Gasteiger partial charge in [-0.25, -0.2) is 4.79 Å². The highest BCUT2D eigenvalue weighted by Gasteiger charge is 2.15. The van der Waals surface area contributed by atoms with E-state index in [1.54, 1.807) is 31.2 Å². The number of phenols is 2. The van der Waals surface area contributed by atoms with Crippen LogP contribution < -0.4 is 4.74 Å². The van der Waals surface area contributed by atoms with Gasteiger partial charge in [0.25, 0.3) is 0 Å². The van der Waals surface area contributed by atoms with Crippen molar-refractivity contribution in [2.75, 3.05) is 13.2 Å². The predicted molar refractivity (Wildman–Crippen MR) is 130 cm³/mol. The number of aromatic hydroxyl groups is 2. The van der Waals surface area contributed by atoms with Gasteiger partial charge in [-0.05, 0) is 84.0 Å². The van der Waals surface area contributed by atoms with Crippen molar-refractivity contribution >= 4 is 17.1 Å². The maximum absolute atomic E-state index is 11.7. The van der Waals surface area contributed by atoms with Crippen LogP contribution in [0.5, 0.6) is 17.2 Å². The van der Waals surface area contributed by atoms with E-state index in [1.807, 2.05) is 48.5 Å². The number of ether oxygens (including phenoxy) is 2. The Morgan fingerprint density at radius 1 is 0.818 bits per heavy atom. The summed E-state index contributed by atoms with van der Waals surface area (Å²) >= 11 is 0. The summed E-state index contributed by atoms with van der Waals surface area (Å²) in [4.78, 5) is 11.7. The number of carbonyl (C=O) groups is 1. The molecule has 0 saturated carbocycles. The molecule has 0 radical (unpaired) electrons. The minimum absolute atomic E-state index is 0.145. The number of hydrogen-bond donors (Lipinski definition) is 2. The Kier molecular flexibility index (Phi) is 8.53. The van der Waals surface area contributed by atoms with Crippen LogP contribution in [0.2, 0.25) is 0 Å². The summed E-state index contributed by atoms with van der Waals surface area (Å²) < 4.78 is 10.6. The highest BCUT2D eigenvalue weighted by molar-refractivity contribution is 5.98. The number of benzene rings is 3. The number of unbranched alkanes of at least 4 members (excludes halogenated alkanes) is 1. The Morgan fingerprint density at radius 3 is 1.97 bits per heavy atom. The van der Waals surface area contributed by atoms with Crippen LogP contribution in [0.25, 0.3) is 11.1 Å². The SMILES string of the molecule is CCCCC(=C(c1ccc(O)cc1)c1ccc(O)cc1)c1cccc(OCC(=O)OCC)c1. The highest BCUT2D eigenvalue weighted by Crippen LogP contribution is 2.37. The Balaban J connectivity index is 2.11. The maximum Gasteiger partial charge on any atom is 0.344 e. The van der Waals surface area contributed by atoms with E-state index in [-0.39, 0.29) is 18.1 Å². The molecule has 0 aliphatic heterocycles. The van der Waals surface area contributed by atoms with Crippen LogP contribution in [0.3, 0.4) is 0 Å². The molecule has 0 atom stereocenters. The minimum Gasteiger partial charge on any atom is -0.508 e. The van der Waals surface area contributed by atoms with E-state index in [1.165, 1.54) is 0 Å². The van der Waals surface area contributed by atoms with Gasteiger partial charge in [-0.1, -0.05) is 49.7 Å². The molecule has 0 amide bonds. The van der Waals surface area contributed by atoms with Crippen molar-refractivity contribution in [1.82, 2.24) is 0 Å². The normalized spacial score (nSPS) is 10.5. The summed E-state index contributed by atoms with van der Waals surface area (Å²) in [6.45, 7) is 4.08. The molecular formula is C28H30O5. The van der Waals surface area contributed by atoms with Gasteiger partial charge in [0.15, 0.2) is 6.61 Å². The number of rotatable bonds is 10. The zero-order chi connectivity index (χ0) is 23.6. The summed E-state index contributed by atoms with van der Waals surface area (Å²) in [6.07, 6.45) is 2.85. The third-order valence-electron chi connectivity index (χ3n) is 5.24. The zero-order valence-electron chi connectivity index (χ0n) is 19.1. The monoisotopic (exact) mass is 446 g/mol. The molecule has 3 aromatic rings. The van der Waals surface area contributed by atoms with E-state index < -0.39 is 5.97 Å².